The molecule has 1 unspecified atom stereocenters. The van der Waals surface area contributed by atoms with Crippen molar-refractivity contribution < 1.29 is 9.13 Å². The van der Waals surface area contributed by atoms with Gasteiger partial charge in [-0.15, -0.1) is 10.2 Å². The van der Waals surface area contributed by atoms with E-state index in [0.717, 1.165) is 0 Å². The SMILES string of the molecule is CC1COc2c(N)c(F)c(N)c3c(=O)c(-c4nn[nH]n4)cn1c23. The summed E-state index contributed by atoms with van der Waals surface area (Å²) in [5.41, 5.74) is 11.1. The minimum absolute atomic E-state index is 0.000509. The summed E-state index contributed by atoms with van der Waals surface area (Å²) in [7, 11) is 0. The lowest BCUT2D eigenvalue weighted by molar-refractivity contribution is 0.248. The number of nitrogen functional groups attached to an aromatic ring is 2. The Morgan fingerprint density at radius 2 is 2.22 bits per heavy atom. The fourth-order valence-corrected chi connectivity index (χ4v) is 2.81. The lowest BCUT2D eigenvalue weighted by Gasteiger charge is -2.28. The van der Waals surface area contributed by atoms with Crippen molar-refractivity contribution in [3.8, 4) is 17.1 Å². The molecule has 3 aromatic rings. The first-order valence-electron chi connectivity index (χ1n) is 6.82. The zero-order valence-corrected chi connectivity index (χ0v) is 12.0. The van der Waals surface area contributed by atoms with Crippen LogP contribution >= 0.6 is 0 Å². The molecular weight excluding hydrogens is 305 g/mol. The van der Waals surface area contributed by atoms with Crippen LogP contribution in [-0.2, 0) is 0 Å². The number of ether oxygens (including phenoxy) is 1. The monoisotopic (exact) mass is 317 g/mol. The molecule has 0 bridgehead atoms. The number of nitrogens with one attached hydrogen (secondary N) is 1. The summed E-state index contributed by atoms with van der Waals surface area (Å²) in [5, 5.41) is 13.4. The summed E-state index contributed by atoms with van der Waals surface area (Å²) in [5.74, 6) is -0.630. The van der Waals surface area contributed by atoms with E-state index in [9.17, 15) is 9.18 Å². The molecule has 4 rings (SSSR count). The zero-order valence-electron chi connectivity index (χ0n) is 12.0. The van der Waals surface area contributed by atoms with Crippen molar-refractivity contribution >= 4 is 22.3 Å². The molecule has 0 aliphatic carbocycles. The molecule has 1 atom stereocenters. The molecule has 0 fully saturated rings. The van der Waals surface area contributed by atoms with Crippen LogP contribution in [0.3, 0.4) is 0 Å². The highest BCUT2D eigenvalue weighted by Crippen LogP contribution is 2.41. The number of rotatable bonds is 1. The number of aromatic nitrogens is 5. The van der Waals surface area contributed by atoms with Crippen LogP contribution in [0.1, 0.15) is 13.0 Å². The summed E-state index contributed by atoms with van der Waals surface area (Å²) in [6.07, 6.45) is 1.59. The number of hydrogen-bond donors (Lipinski definition) is 3. The maximum Gasteiger partial charge on any atom is 0.210 e. The van der Waals surface area contributed by atoms with Gasteiger partial charge in [-0.2, -0.15) is 5.21 Å². The average Bonchev–Trinajstić information content (AvgIpc) is 3.06. The van der Waals surface area contributed by atoms with E-state index in [2.05, 4.69) is 20.6 Å². The molecular formula is C13H12FN7O2. The number of pyridine rings is 1. The zero-order chi connectivity index (χ0) is 16.3. The molecule has 2 aromatic heterocycles. The summed E-state index contributed by atoms with van der Waals surface area (Å²) in [4.78, 5) is 12.8. The number of aromatic amines is 1. The number of tetrazole rings is 1. The van der Waals surface area contributed by atoms with Crippen molar-refractivity contribution in [1.82, 2.24) is 25.2 Å². The van der Waals surface area contributed by atoms with Crippen molar-refractivity contribution in [2.24, 2.45) is 0 Å². The number of benzene rings is 1. The van der Waals surface area contributed by atoms with Crippen LogP contribution in [0.5, 0.6) is 5.75 Å². The first-order valence-corrected chi connectivity index (χ1v) is 6.82. The number of nitrogens with zero attached hydrogens (tertiary/aromatic N) is 4. The van der Waals surface area contributed by atoms with E-state index in [4.69, 9.17) is 16.2 Å². The normalized spacial score (nSPS) is 16.5. The topological polar surface area (TPSA) is 138 Å². The van der Waals surface area contributed by atoms with E-state index >= 15 is 0 Å². The summed E-state index contributed by atoms with van der Waals surface area (Å²) < 4.78 is 21.6. The molecule has 1 aliphatic heterocycles. The predicted molar refractivity (Wildman–Crippen MR) is 80.4 cm³/mol. The van der Waals surface area contributed by atoms with Gasteiger partial charge in [-0.25, -0.2) is 4.39 Å². The van der Waals surface area contributed by atoms with Gasteiger partial charge >= 0.3 is 0 Å². The Kier molecular flexibility index (Phi) is 2.59. The highest BCUT2D eigenvalue weighted by atomic mass is 19.1. The van der Waals surface area contributed by atoms with Crippen LogP contribution in [0, 0.1) is 5.82 Å². The predicted octanol–water partition coefficient (Wildman–Crippen LogP) is 0.438. The molecule has 9 nitrogen and oxygen atoms in total. The third kappa shape index (κ3) is 1.65. The maximum absolute atomic E-state index is 14.3. The molecule has 0 saturated heterocycles. The van der Waals surface area contributed by atoms with Crippen LogP contribution < -0.4 is 21.6 Å². The van der Waals surface area contributed by atoms with E-state index in [0.29, 0.717) is 5.52 Å². The molecule has 1 aromatic carbocycles. The van der Waals surface area contributed by atoms with Crippen molar-refractivity contribution in [2.45, 2.75) is 13.0 Å². The van der Waals surface area contributed by atoms with Crippen molar-refractivity contribution in [3.05, 3.63) is 22.2 Å². The summed E-state index contributed by atoms with van der Waals surface area (Å²) in [6.45, 7) is 2.17. The van der Waals surface area contributed by atoms with Gasteiger partial charge in [0.25, 0.3) is 0 Å². The smallest absolute Gasteiger partial charge is 0.210 e. The highest BCUT2D eigenvalue weighted by Gasteiger charge is 2.29. The molecule has 0 saturated carbocycles. The largest absolute Gasteiger partial charge is 0.487 e. The maximum atomic E-state index is 14.3. The number of hydrogen-bond acceptors (Lipinski definition) is 7. The van der Waals surface area contributed by atoms with Crippen LogP contribution in [0.2, 0.25) is 0 Å². The van der Waals surface area contributed by atoms with Crippen molar-refractivity contribution in [3.63, 3.8) is 0 Å². The Bertz CT molecular complexity index is 996. The molecule has 0 radical (unpaired) electrons. The van der Waals surface area contributed by atoms with Gasteiger partial charge in [0.15, 0.2) is 11.6 Å². The third-order valence-corrected chi connectivity index (χ3v) is 3.97. The van der Waals surface area contributed by atoms with Crippen molar-refractivity contribution in [1.29, 1.82) is 0 Å². The minimum Gasteiger partial charge on any atom is -0.487 e. The Hall–Kier alpha value is -3.17. The lowest BCUT2D eigenvalue weighted by atomic mass is 10.0. The van der Waals surface area contributed by atoms with Gasteiger partial charge in [-0.05, 0) is 12.1 Å². The second kappa shape index (κ2) is 4.41. The molecule has 23 heavy (non-hydrogen) atoms. The fourth-order valence-electron chi connectivity index (χ4n) is 2.81. The number of nitrogens with two attached hydrogens (primary N) is 2. The van der Waals surface area contributed by atoms with E-state index in [-0.39, 0.29) is 46.5 Å². The third-order valence-electron chi connectivity index (χ3n) is 3.97. The molecule has 118 valence electrons. The Balaban J connectivity index is 2.25. The minimum atomic E-state index is -0.865. The Morgan fingerprint density at radius 1 is 1.43 bits per heavy atom. The lowest BCUT2D eigenvalue weighted by Crippen LogP contribution is -2.26. The number of anilines is 2. The van der Waals surface area contributed by atoms with Crippen LogP contribution in [0.25, 0.3) is 22.3 Å². The van der Waals surface area contributed by atoms with Gasteiger partial charge in [0.05, 0.1) is 28.2 Å². The van der Waals surface area contributed by atoms with Gasteiger partial charge in [0.2, 0.25) is 11.3 Å². The van der Waals surface area contributed by atoms with Crippen molar-refractivity contribution in [2.75, 3.05) is 18.1 Å². The molecule has 10 heteroatoms. The summed E-state index contributed by atoms with van der Waals surface area (Å²) >= 11 is 0. The standard InChI is InChI=1S/C13H12FN7O2/c1-4-3-23-12-9(16)7(14)8(15)6-10(12)21(4)2-5(11(6)22)13-17-19-20-18-13/h2,4H,3,15-16H2,1H3,(H,17,18,19,20). The Labute approximate surface area is 128 Å². The van der Waals surface area contributed by atoms with E-state index < -0.39 is 11.2 Å². The van der Waals surface area contributed by atoms with Gasteiger partial charge in [0, 0.05) is 6.20 Å². The Morgan fingerprint density at radius 3 is 2.91 bits per heavy atom. The number of halogens is 1. The highest BCUT2D eigenvalue weighted by molar-refractivity contribution is 6.01. The first kappa shape index (κ1) is 13.5. The van der Waals surface area contributed by atoms with E-state index in [1.54, 1.807) is 10.8 Å². The van der Waals surface area contributed by atoms with Crippen LogP contribution in [0.15, 0.2) is 11.0 Å². The second-order valence-electron chi connectivity index (χ2n) is 5.37. The van der Waals surface area contributed by atoms with Crippen LogP contribution in [-0.4, -0.2) is 31.8 Å². The molecule has 0 amide bonds. The van der Waals surface area contributed by atoms with Crippen LogP contribution in [0.4, 0.5) is 15.8 Å². The molecule has 3 heterocycles. The second-order valence-corrected chi connectivity index (χ2v) is 5.37. The summed E-state index contributed by atoms with van der Waals surface area (Å²) in [6, 6.07) is -0.111. The van der Waals surface area contributed by atoms with Gasteiger partial charge in [0.1, 0.15) is 12.3 Å². The average molecular weight is 317 g/mol. The molecule has 5 N–H and O–H groups in total. The van der Waals surface area contributed by atoms with Gasteiger partial charge in [-0.1, -0.05) is 0 Å². The molecule has 1 aliphatic rings. The first-order chi connectivity index (χ1) is 11.0. The van der Waals surface area contributed by atoms with E-state index in [1.807, 2.05) is 6.92 Å². The molecule has 0 spiro atoms. The van der Waals surface area contributed by atoms with Gasteiger partial charge in [-0.3, -0.25) is 4.79 Å². The van der Waals surface area contributed by atoms with E-state index in [1.165, 1.54) is 0 Å². The fraction of sp³-hybridized carbons (Fsp3) is 0.231. The van der Waals surface area contributed by atoms with Gasteiger partial charge < -0.3 is 20.8 Å². The number of H-pyrrole nitrogens is 1. The quantitative estimate of drug-likeness (QED) is 0.553.